The van der Waals surface area contributed by atoms with Crippen molar-refractivity contribution in [2.24, 2.45) is 0 Å². The van der Waals surface area contributed by atoms with Crippen LogP contribution in [0.25, 0.3) is 0 Å². The minimum Gasteiger partial charge on any atom is -0.477 e. The molecule has 55 heavy (non-hydrogen) atoms. The Morgan fingerprint density at radius 1 is 0.545 bits per heavy atom. The molecule has 0 fully saturated rings. The summed E-state index contributed by atoms with van der Waals surface area (Å²) in [5, 5.41) is 9.61. The fourth-order valence-corrected chi connectivity index (χ4v) is 6.25. The van der Waals surface area contributed by atoms with E-state index >= 15 is 0 Å². The molecule has 0 aliphatic carbocycles. The molecule has 318 valence electrons. The molecule has 8 heteroatoms. The van der Waals surface area contributed by atoms with Crippen LogP contribution in [0.15, 0.2) is 48.6 Å². The minimum absolute atomic E-state index is 0.0470. The molecular formula is C47H84NO7+. The van der Waals surface area contributed by atoms with Crippen LogP contribution < -0.4 is 0 Å². The highest BCUT2D eigenvalue weighted by Gasteiger charge is 2.31. The third-order valence-electron chi connectivity index (χ3n) is 9.76. The van der Waals surface area contributed by atoms with Crippen molar-refractivity contribution in [1.29, 1.82) is 0 Å². The average Bonchev–Trinajstić information content (AvgIpc) is 3.14. The average molecular weight is 775 g/mol. The third-order valence-corrected chi connectivity index (χ3v) is 9.76. The van der Waals surface area contributed by atoms with Crippen molar-refractivity contribution in [3.8, 4) is 0 Å². The van der Waals surface area contributed by atoms with Crippen LogP contribution in [0, 0.1) is 0 Å². The zero-order valence-corrected chi connectivity index (χ0v) is 36.1. The number of allylic oxidation sites excluding steroid dienone is 8. The van der Waals surface area contributed by atoms with E-state index in [0.717, 1.165) is 70.6 Å². The standard InChI is InChI=1S/C47H83NO7/c1-6-8-10-12-14-16-18-20-22-24-25-27-29-31-33-35-37-45(49)54-42-43(41-53-40-39-44(47(51)52)48(3,4)5)55-46(50)38-36-34-32-30-28-26-23-21-19-17-15-13-11-9-7-2/h15,17,19,21-22,24-25,27,43-44H,6-14,16,18,20,23,26,28-42H2,1-5H3/p+1/b17-15+,21-19+,24-22+,27-25+. The number of carbonyl (C=O) groups is 3. The molecule has 0 aliphatic heterocycles. The second-order valence-electron chi connectivity index (χ2n) is 16.0. The minimum atomic E-state index is -0.882. The maximum atomic E-state index is 12.7. The topological polar surface area (TPSA) is 99.1 Å². The lowest BCUT2D eigenvalue weighted by molar-refractivity contribution is -0.887. The van der Waals surface area contributed by atoms with Gasteiger partial charge in [-0.15, -0.1) is 0 Å². The van der Waals surface area contributed by atoms with E-state index in [1.54, 1.807) is 0 Å². The number of hydrogen-bond acceptors (Lipinski definition) is 6. The highest BCUT2D eigenvalue weighted by molar-refractivity contribution is 5.72. The van der Waals surface area contributed by atoms with Crippen molar-refractivity contribution >= 4 is 17.9 Å². The van der Waals surface area contributed by atoms with Gasteiger partial charge >= 0.3 is 17.9 Å². The summed E-state index contributed by atoms with van der Waals surface area (Å²) >= 11 is 0. The Morgan fingerprint density at radius 3 is 1.42 bits per heavy atom. The normalized spacial score (nSPS) is 13.4. The van der Waals surface area contributed by atoms with E-state index in [-0.39, 0.29) is 36.2 Å². The molecule has 0 aromatic carbocycles. The molecule has 0 rings (SSSR count). The van der Waals surface area contributed by atoms with E-state index in [0.29, 0.717) is 19.3 Å². The van der Waals surface area contributed by atoms with Gasteiger partial charge in [-0.25, -0.2) is 4.79 Å². The second-order valence-corrected chi connectivity index (χ2v) is 16.0. The van der Waals surface area contributed by atoms with Crippen LogP contribution in [0.5, 0.6) is 0 Å². The molecular weight excluding hydrogens is 691 g/mol. The van der Waals surface area contributed by atoms with Gasteiger partial charge in [-0.3, -0.25) is 9.59 Å². The number of carboxylic acids is 1. The summed E-state index contributed by atoms with van der Waals surface area (Å²) in [6.07, 6.45) is 44.3. The highest BCUT2D eigenvalue weighted by atomic mass is 16.6. The number of likely N-dealkylation sites (N-methyl/N-ethyl adjacent to an activating group) is 1. The van der Waals surface area contributed by atoms with Crippen LogP contribution in [0.2, 0.25) is 0 Å². The largest absolute Gasteiger partial charge is 0.477 e. The highest BCUT2D eigenvalue weighted by Crippen LogP contribution is 2.13. The van der Waals surface area contributed by atoms with Crippen LogP contribution in [-0.2, 0) is 28.6 Å². The van der Waals surface area contributed by atoms with Gasteiger partial charge in [0.25, 0.3) is 0 Å². The summed E-state index contributed by atoms with van der Waals surface area (Å²) < 4.78 is 17.2. The van der Waals surface area contributed by atoms with Gasteiger partial charge in [-0.1, -0.05) is 146 Å². The van der Waals surface area contributed by atoms with Gasteiger partial charge in [0.15, 0.2) is 12.1 Å². The summed E-state index contributed by atoms with van der Waals surface area (Å²) in [6, 6.07) is -0.621. The molecule has 0 saturated heterocycles. The number of unbranched alkanes of at least 4 members (excludes halogenated alkanes) is 19. The maximum absolute atomic E-state index is 12.7. The molecule has 1 N–H and O–H groups in total. The smallest absolute Gasteiger partial charge is 0.362 e. The van der Waals surface area contributed by atoms with Gasteiger partial charge in [-0.2, -0.15) is 0 Å². The van der Waals surface area contributed by atoms with Gasteiger partial charge in [0.2, 0.25) is 0 Å². The number of carboxylic acid groups (broad SMARTS) is 1. The lowest BCUT2D eigenvalue weighted by Crippen LogP contribution is -2.50. The molecule has 2 unspecified atom stereocenters. The van der Waals surface area contributed by atoms with E-state index in [4.69, 9.17) is 14.2 Å². The number of nitrogens with zero attached hydrogens (tertiary/aromatic N) is 1. The van der Waals surface area contributed by atoms with Crippen molar-refractivity contribution in [3.05, 3.63) is 48.6 Å². The molecule has 0 aromatic rings. The first-order valence-corrected chi connectivity index (χ1v) is 22.2. The van der Waals surface area contributed by atoms with Gasteiger partial charge in [0.05, 0.1) is 34.4 Å². The second kappa shape index (κ2) is 38.2. The summed E-state index contributed by atoms with van der Waals surface area (Å²) in [6.45, 7) is 4.66. The van der Waals surface area contributed by atoms with Crippen molar-refractivity contribution in [2.45, 2.75) is 193 Å². The Balaban J connectivity index is 4.42. The SMILES string of the molecule is CCCCC/C=C/C=C/CCCCCCCCC(=O)OC(COCCC(C(=O)O)[N+](C)(C)C)COC(=O)CCCCC/C=C/C=C/CCCCCCCCC. The first-order chi connectivity index (χ1) is 26.6. The van der Waals surface area contributed by atoms with E-state index < -0.39 is 18.1 Å². The molecule has 0 spiro atoms. The van der Waals surface area contributed by atoms with Crippen LogP contribution in [-0.4, -0.2) is 80.6 Å². The summed E-state index contributed by atoms with van der Waals surface area (Å²) in [5.41, 5.74) is 0. The maximum Gasteiger partial charge on any atom is 0.362 e. The summed E-state index contributed by atoms with van der Waals surface area (Å²) in [5.74, 6) is -1.52. The first-order valence-electron chi connectivity index (χ1n) is 22.2. The van der Waals surface area contributed by atoms with Crippen molar-refractivity contribution in [2.75, 3.05) is 41.0 Å². The van der Waals surface area contributed by atoms with Crippen LogP contribution >= 0.6 is 0 Å². The van der Waals surface area contributed by atoms with Crippen molar-refractivity contribution in [3.63, 3.8) is 0 Å². The lowest BCUT2D eigenvalue weighted by Gasteiger charge is -2.31. The predicted molar refractivity (Wildman–Crippen MR) is 229 cm³/mol. The van der Waals surface area contributed by atoms with Crippen molar-refractivity contribution < 1.29 is 38.2 Å². The molecule has 8 nitrogen and oxygen atoms in total. The Labute approximate surface area is 337 Å². The Morgan fingerprint density at radius 2 is 0.945 bits per heavy atom. The monoisotopic (exact) mass is 775 g/mol. The number of carbonyl (C=O) groups excluding carboxylic acids is 2. The Bertz CT molecular complexity index is 1040. The predicted octanol–water partition coefficient (Wildman–Crippen LogP) is 12.0. The lowest BCUT2D eigenvalue weighted by atomic mass is 10.1. The number of esters is 2. The zero-order chi connectivity index (χ0) is 40.7. The molecule has 0 aliphatic rings. The van der Waals surface area contributed by atoms with Gasteiger partial charge in [0, 0.05) is 19.3 Å². The van der Waals surface area contributed by atoms with E-state index in [9.17, 15) is 19.5 Å². The van der Waals surface area contributed by atoms with Crippen LogP contribution in [0.3, 0.4) is 0 Å². The molecule has 0 heterocycles. The Kier molecular flexibility index (Phi) is 36.3. The van der Waals surface area contributed by atoms with Crippen LogP contribution in [0.1, 0.15) is 181 Å². The molecule has 0 aromatic heterocycles. The van der Waals surface area contributed by atoms with Gasteiger partial charge in [0.1, 0.15) is 6.61 Å². The fraction of sp³-hybridized carbons (Fsp3) is 0.766. The van der Waals surface area contributed by atoms with Gasteiger partial charge in [-0.05, 0) is 64.2 Å². The van der Waals surface area contributed by atoms with Gasteiger partial charge < -0.3 is 23.8 Å². The number of quaternary nitrogens is 1. The Hall–Kier alpha value is -2.71. The zero-order valence-electron chi connectivity index (χ0n) is 36.1. The van der Waals surface area contributed by atoms with E-state index in [1.165, 1.54) is 77.0 Å². The van der Waals surface area contributed by atoms with Crippen LogP contribution in [0.4, 0.5) is 0 Å². The third kappa shape index (κ3) is 36.7. The number of hydrogen-bond donors (Lipinski definition) is 1. The number of rotatable bonds is 39. The van der Waals surface area contributed by atoms with E-state index in [1.807, 2.05) is 21.1 Å². The molecule has 0 saturated carbocycles. The quantitative estimate of drug-likeness (QED) is 0.0287. The molecule has 0 amide bonds. The first kappa shape index (κ1) is 52.3. The summed E-state index contributed by atoms with van der Waals surface area (Å²) in [7, 11) is 5.51. The number of aliphatic carboxylic acids is 1. The van der Waals surface area contributed by atoms with Crippen molar-refractivity contribution in [1.82, 2.24) is 0 Å². The molecule has 2 atom stereocenters. The fourth-order valence-electron chi connectivity index (χ4n) is 6.25. The number of ether oxygens (including phenoxy) is 3. The molecule has 0 radical (unpaired) electrons. The summed E-state index contributed by atoms with van der Waals surface area (Å²) in [4.78, 5) is 37.0. The van der Waals surface area contributed by atoms with E-state index in [2.05, 4.69) is 62.5 Å². The molecule has 0 bridgehead atoms.